The summed E-state index contributed by atoms with van der Waals surface area (Å²) in [5.74, 6) is -1.28. The Morgan fingerprint density at radius 1 is 1.41 bits per heavy atom. The number of carboxylic acid groups (broad SMARTS) is 1. The van der Waals surface area contributed by atoms with Gasteiger partial charge in [0.25, 0.3) is 0 Å². The number of benzene rings is 1. The van der Waals surface area contributed by atoms with E-state index in [-0.39, 0.29) is 5.02 Å². The summed E-state index contributed by atoms with van der Waals surface area (Å²) in [7, 11) is 0. The van der Waals surface area contributed by atoms with Crippen molar-refractivity contribution < 1.29 is 14.3 Å². The second kappa shape index (κ2) is 4.65. The number of hydrogen-bond donors (Lipinski definition) is 1. The van der Waals surface area contributed by atoms with E-state index in [2.05, 4.69) is 0 Å². The molecular formula is C13H14ClFO2. The first-order valence-electron chi connectivity index (χ1n) is 5.71. The fourth-order valence-electron chi connectivity index (χ4n) is 2.57. The standard InChI is InChI=1S/C13H14ClFO2/c14-11-9(4-3-5-10(11)15)8-13(12(16)17)6-1-2-7-13/h3-5H,1-2,6-8H2,(H,16,17). The van der Waals surface area contributed by atoms with E-state index in [1.807, 2.05) is 0 Å². The van der Waals surface area contributed by atoms with Crippen LogP contribution in [0.15, 0.2) is 18.2 Å². The molecule has 1 fully saturated rings. The summed E-state index contributed by atoms with van der Waals surface area (Å²) in [6.07, 6.45) is 3.45. The Hall–Kier alpha value is -1.09. The highest BCUT2D eigenvalue weighted by Gasteiger charge is 2.41. The van der Waals surface area contributed by atoms with Gasteiger partial charge >= 0.3 is 5.97 Å². The molecular weight excluding hydrogens is 243 g/mol. The number of aliphatic carboxylic acids is 1. The third-order valence-corrected chi connectivity index (χ3v) is 4.00. The van der Waals surface area contributed by atoms with E-state index in [4.69, 9.17) is 11.6 Å². The maximum absolute atomic E-state index is 13.3. The van der Waals surface area contributed by atoms with Crippen LogP contribution in [0.3, 0.4) is 0 Å². The average Bonchev–Trinajstić information content (AvgIpc) is 2.75. The van der Waals surface area contributed by atoms with Gasteiger partial charge in [0, 0.05) is 0 Å². The first-order valence-corrected chi connectivity index (χ1v) is 6.09. The zero-order valence-corrected chi connectivity index (χ0v) is 10.1. The highest BCUT2D eigenvalue weighted by Crippen LogP contribution is 2.42. The molecule has 17 heavy (non-hydrogen) atoms. The van der Waals surface area contributed by atoms with Crippen LogP contribution in [-0.4, -0.2) is 11.1 Å². The molecule has 0 atom stereocenters. The van der Waals surface area contributed by atoms with Crippen molar-refractivity contribution in [1.82, 2.24) is 0 Å². The molecule has 0 aliphatic heterocycles. The lowest BCUT2D eigenvalue weighted by molar-refractivity contribution is -0.148. The average molecular weight is 257 g/mol. The van der Waals surface area contributed by atoms with Gasteiger partial charge in [0.05, 0.1) is 10.4 Å². The van der Waals surface area contributed by atoms with Crippen molar-refractivity contribution >= 4 is 17.6 Å². The van der Waals surface area contributed by atoms with Crippen LogP contribution in [0.2, 0.25) is 5.02 Å². The van der Waals surface area contributed by atoms with Crippen LogP contribution < -0.4 is 0 Å². The van der Waals surface area contributed by atoms with Crippen molar-refractivity contribution in [2.24, 2.45) is 5.41 Å². The van der Waals surface area contributed by atoms with Gasteiger partial charge in [0.1, 0.15) is 5.82 Å². The minimum Gasteiger partial charge on any atom is -0.481 e. The van der Waals surface area contributed by atoms with E-state index in [9.17, 15) is 14.3 Å². The number of halogens is 2. The minimum absolute atomic E-state index is 0.0556. The molecule has 1 aromatic rings. The third kappa shape index (κ3) is 2.29. The second-order valence-electron chi connectivity index (χ2n) is 4.68. The van der Waals surface area contributed by atoms with Gasteiger partial charge < -0.3 is 5.11 Å². The summed E-state index contributed by atoms with van der Waals surface area (Å²) in [4.78, 5) is 11.4. The molecule has 1 aliphatic carbocycles. The van der Waals surface area contributed by atoms with Gasteiger partial charge in [-0.25, -0.2) is 4.39 Å². The Bertz CT molecular complexity index is 439. The second-order valence-corrected chi connectivity index (χ2v) is 5.06. The van der Waals surface area contributed by atoms with Crippen LogP contribution in [-0.2, 0) is 11.2 Å². The van der Waals surface area contributed by atoms with Crippen LogP contribution in [0.1, 0.15) is 31.2 Å². The smallest absolute Gasteiger partial charge is 0.309 e. The van der Waals surface area contributed by atoms with Crippen LogP contribution >= 0.6 is 11.6 Å². The molecule has 0 unspecified atom stereocenters. The molecule has 1 saturated carbocycles. The molecule has 1 aliphatic rings. The summed E-state index contributed by atoms with van der Waals surface area (Å²) in [5.41, 5.74) is -0.159. The number of rotatable bonds is 3. The van der Waals surface area contributed by atoms with Crippen LogP contribution in [0.25, 0.3) is 0 Å². The number of carbonyl (C=O) groups is 1. The van der Waals surface area contributed by atoms with Gasteiger partial charge in [-0.3, -0.25) is 4.79 Å². The van der Waals surface area contributed by atoms with Gasteiger partial charge in [-0.05, 0) is 30.9 Å². The van der Waals surface area contributed by atoms with Crippen LogP contribution in [0, 0.1) is 11.2 Å². The molecule has 0 heterocycles. The molecule has 92 valence electrons. The monoisotopic (exact) mass is 256 g/mol. The van der Waals surface area contributed by atoms with Crippen LogP contribution in [0.4, 0.5) is 4.39 Å². The Morgan fingerprint density at radius 2 is 2.06 bits per heavy atom. The van der Waals surface area contributed by atoms with Crippen LogP contribution in [0.5, 0.6) is 0 Å². The maximum Gasteiger partial charge on any atom is 0.309 e. The van der Waals surface area contributed by atoms with Crippen molar-refractivity contribution in [2.75, 3.05) is 0 Å². The Morgan fingerprint density at radius 3 is 2.65 bits per heavy atom. The SMILES string of the molecule is O=C(O)C1(Cc2cccc(F)c2Cl)CCCC1. The Kier molecular flexibility index (Phi) is 3.38. The van der Waals surface area contributed by atoms with Crippen molar-refractivity contribution in [3.05, 3.63) is 34.6 Å². The lowest BCUT2D eigenvalue weighted by Crippen LogP contribution is -2.30. The summed E-state index contributed by atoms with van der Waals surface area (Å²) >= 11 is 5.87. The highest BCUT2D eigenvalue weighted by molar-refractivity contribution is 6.31. The zero-order chi connectivity index (χ0) is 12.5. The van der Waals surface area contributed by atoms with E-state index >= 15 is 0 Å². The van der Waals surface area contributed by atoms with Gasteiger partial charge in [0.2, 0.25) is 0 Å². The van der Waals surface area contributed by atoms with Gasteiger partial charge in [0.15, 0.2) is 0 Å². The number of hydrogen-bond acceptors (Lipinski definition) is 1. The molecule has 0 amide bonds. The summed E-state index contributed by atoms with van der Waals surface area (Å²) in [5, 5.41) is 9.40. The molecule has 0 saturated heterocycles. The van der Waals surface area contributed by atoms with Crippen molar-refractivity contribution in [3.63, 3.8) is 0 Å². The van der Waals surface area contributed by atoms with Crippen molar-refractivity contribution in [3.8, 4) is 0 Å². The normalized spacial score (nSPS) is 18.2. The fourth-order valence-corrected chi connectivity index (χ4v) is 2.76. The Labute approximate surface area is 104 Å². The van der Waals surface area contributed by atoms with E-state index < -0.39 is 17.2 Å². The predicted molar refractivity (Wildman–Crippen MR) is 63.7 cm³/mol. The minimum atomic E-state index is -0.796. The molecule has 1 aromatic carbocycles. The first kappa shape index (κ1) is 12.4. The van der Waals surface area contributed by atoms with E-state index in [0.717, 1.165) is 12.8 Å². The van der Waals surface area contributed by atoms with Gasteiger partial charge in [-0.1, -0.05) is 36.6 Å². The molecule has 0 bridgehead atoms. The summed E-state index contributed by atoms with van der Waals surface area (Å²) in [6, 6.07) is 4.56. The van der Waals surface area contributed by atoms with Crippen molar-refractivity contribution in [1.29, 1.82) is 0 Å². The largest absolute Gasteiger partial charge is 0.481 e. The highest BCUT2D eigenvalue weighted by atomic mass is 35.5. The fraction of sp³-hybridized carbons (Fsp3) is 0.462. The van der Waals surface area contributed by atoms with Crippen molar-refractivity contribution in [2.45, 2.75) is 32.1 Å². The molecule has 0 radical (unpaired) electrons. The molecule has 1 N–H and O–H groups in total. The topological polar surface area (TPSA) is 37.3 Å². The lowest BCUT2D eigenvalue weighted by Gasteiger charge is -2.24. The molecule has 0 spiro atoms. The maximum atomic E-state index is 13.3. The molecule has 4 heteroatoms. The predicted octanol–water partition coefficient (Wildman–Crippen LogP) is 3.67. The molecule has 2 nitrogen and oxygen atoms in total. The van der Waals surface area contributed by atoms with E-state index in [1.54, 1.807) is 12.1 Å². The summed E-state index contributed by atoms with van der Waals surface area (Å²) in [6.45, 7) is 0. The van der Waals surface area contributed by atoms with E-state index in [0.29, 0.717) is 24.8 Å². The lowest BCUT2D eigenvalue weighted by atomic mass is 9.80. The first-order chi connectivity index (χ1) is 8.05. The van der Waals surface area contributed by atoms with Gasteiger partial charge in [-0.15, -0.1) is 0 Å². The zero-order valence-electron chi connectivity index (χ0n) is 9.38. The van der Waals surface area contributed by atoms with Gasteiger partial charge in [-0.2, -0.15) is 0 Å². The Balaban J connectivity index is 2.30. The van der Waals surface area contributed by atoms with E-state index in [1.165, 1.54) is 6.07 Å². The molecule has 0 aromatic heterocycles. The summed E-state index contributed by atoms with van der Waals surface area (Å²) < 4.78 is 13.3. The molecule has 2 rings (SSSR count). The third-order valence-electron chi connectivity index (χ3n) is 3.57. The quantitative estimate of drug-likeness (QED) is 0.896. The number of carboxylic acids is 1.